The zero-order valence-electron chi connectivity index (χ0n) is 13.8. The van der Waals surface area contributed by atoms with Gasteiger partial charge in [-0.15, -0.1) is 0 Å². The number of hydrogen-bond donors (Lipinski definition) is 3. The molecule has 2 atom stereocenters. The molecule has 0 aromatic heterocycles. The predicted molar refractivity (Wildman–Crippen MR) is 83.3 cm³/mol. The summed E-state index contributed by atoms with van der Waals surface area (Å²) in [5, 5.41) is 3.70. The second-order valence-corrected chi connectivity index (χ2v) is 7.38. The van der Waals surface area contributed by atoms with Crippen LogP contribution in [0.5, 0.6) is 0 Å². The number of hydrogen-bond acceptors (Lipinski definition) is 3. The molecule has 0 radical (unpaired) electrons. The summed E-state index contributed by atoms with van der Waals surface area (Å²) in [6.07, 6.45) is 6.62. The zero-order chi connectivity index (χ0) is 16.4. The maximum atomic E-state index is 12.6. The lowest BCUT2D eigenvalue weighted by molar-refractivity contribution is -0.900. The van der Waals surface area contributed by atoms with E-state index in [1.807, 2.05) is 0 Å². The third-order valence-electron chi connectivity index (χ3n) is 5.38. The Bertz CT molecular complexity index is 502. The van der Waals surface area contributed by atoms with Gasteiger partial charge in [0.05, 0.1) is 13.1 Å². The molecule has 0 bridgehead atoms. The van der Waals surface area contributed by atoms with Crippen molar-refractivity contribution in [2.45, 2.75) is 57.4 Å². The average molecular weight is 323 g/mol. The number of carbonyl (C=O) groups is 3. The van der Waals surface area contributed by atoms with Crippen LogP contribution in [0.4, 0.5) is 4.79 Å². The number of nitrogens with zero attached hydrogens (tertiary/aromatic N) is 1. The number of piperidine rings is 1. The van der Waals surface area contributed by atoms with Gasteiger partial charge >= 0.3 is 6.03 Å². The molecule has 4 amide bonds. The Hall–Kier alpha value is -1.63. The highest BCUT2D eigenvalue weighted by molar-refractivity contribution is 6.08. The van der Waals surface area contributed by atoms with Gasteiger partial charge in [0.15, 0.2) is 6.54 Å². The molecule has 1 saturated carbocycles. The van der Waals surface area contributed by atoms with Crippen molar-refractivity contribution in [3.8, 4) is 0 Å². The van der Waals surface area contributed by atoms with Crippen molar-refractivity contribution in [1.82, 2.24) is 15.8 Å². The minimum atomic E-state index is -0.783. The van der Waals surface area contributed by atoms with E-state index < -0.39 is 11.6 Å². The molecular weight excluding hydrogens is 296 g/mol. The molecule has 2 saturated heterocycles. The molecular formula is C16H27N4O3+. The lowest BCUT2D eigenvalue weighted by atomic mass is 9.82. The molecule has 1 aliphatic carbocycles. The van der Waals surface area contributed by atoms with Gasteiger partial charge in [-0.25, -0.2) is 4.79 Å². The molecule has 1 spiro atoms. The van der Waals surface area contributed by atoms with Gasteiger partial charge in [0, 0.05) is 5.92 Å². The first kappa shape index (κ1) is 16.2. The fraction of sp³-hybridized carbons (Fsp3) is 0.812. The van der Waals surface area contributed by atoms with E-state index in [9.17, 15) is 14.4 Å². The number of rotatable bonds is 3. The molecule has 7 nitrogen and oxygen atoms in total. The molecule has 23 heavy (non-hydrogen) atoms. The number of hydrazine groups is 1. The van der Waals surface area contributed by atoms with Crippen LogP contribution in [-0.4, -0.2) is 48.0 Å². The van der Waals surface area contributed by atoms with Crippen molar-refractivity contribution in [3.05, 3.63) is 0 Å². The van der Waals surface area contributed by atoms with Crippen LogP contribution in [0.25, 0.3) is 0 Å². The largest absolute Gasteiger partial charge is 0.344 e. The Morgan fingerprint density at radius 2 is 2.04 bits per heavy atom. The van der Waals surface area contributed by atoms with Crippen LogP contribution in [0.15, 0.2) is 0 Å². The highest BCUT2D eigenvalue weighted by atomic mass is 16.2. The summed E-state index contributed by atoms with van der Waals surface area (Å²) in [5.41, 5.74) is 1.74. The van der Waals surface area contributed by atoms with Gasteiger partial charge in [-0.1, -0.05) is 26.2 Å². The third-order valence-corrected chi connectivity index (χ3v) is 5.38. The van der Waals surface area contributed by atoms with Gasteiger partial charge in [-0.2, -0.15) is 5.01 Å². The number of likely N-dealkylation sites (tertiary alicyclic amines) is 1. The van der Waals surface area contributed by atoms with Crippen LogP contribution in [-0.2, 0) is 9.59 Å². The van der Waals surface area contributed by atoms with Gasteiger partial charge in [0.1, 0.15) is 5.54 Å². The number of imide groups is 1. The van der Waals surface area contributed by atoms with Crippen LogP contribution in [0.3, 0.4) is 0 Å². The summed E-state index contributed by atoms with van der Waals surface area (Å²) in [4.78, 5) is 38.2. The monoisotopic (exact) mass is 323 g/mol. The van der Waals surface area contributed by atoms with Gasteiger partial charge in [-0.3, -0.25) is 15.0 Å². The molecule has 1 unspecified atom stereocenters. The van der Waals surface area contributed by atoms with Crippen LogP contribution in [0, 0.1) is 5.92 Å². The summed E-state index contributed by atoms with van der Waals surface area (Å²) in [7, 11) is 0. The Kier molecular flexibility index (Phi) is 4.57. The van der Waals surface area contributed by atoms with E-state index in [1.54, 1.807) is 0 Å². The highest BCUT2D eigenvalue weighted by Crippen LogP contribution is 2.32. The molecule has 3 aliphatic rings. The maximum Gasteiger partial charge on any atom is 0.344 e. The first-order valence-electron chi connectivity index (χ1n) is 8.80. The van der Waals surface area contributed by atoms with E-state index in [1.165, 1.54) is 11.3 Å². The summed E-state index contributed by atoms with van der Waals surface area (Å²) < 4.78 is 0. The first-order chi connectivity index (χ1) is 11.0. The molecule has 128 valence electrons. The number of urea groups is 1. The zero-order valence-corrected chi connectivity index (χ0v) is 13.8. The molecule has 0 aromatic rings. The average Bonchev–Trinajstić information content (AvgIpc) is 2.72. The van der Waals surface area contributed by atoms with E-state index in [4.69, 9.17) is 0 Å². The Morgan fingerprint density at radius 3 is 2.74 bits per heavy atom. The van der Waals surface area contributed by atoms with E-state index >= 15 is 0 Å². The van der Waals surface area contributed by atoms with Gasteiger partial charge < -0.3 is 10.2 Å². The predicted octanol–water partition coefficient (Wildman–Crippen LogP) is -0.413. The smallest absolute Gasteiger partial charge is 0.327 e. The van der Waals surface area contributed by atoms with Crippen LogP contribution >= 0.6 is 0 Å². The summed E-state index contributed by atoms with van der Waals surface area (Å²) in [5.74, 6) is 0.0665. The summed E-state index contributed by atoms with van der Waals surface area (Å²) in [6, 6.07) is -0.493. The number of carbonyl (C=O) groups excluding carboxylic acids is 3. The molecule has 3 fully saturated rings. The van der Waals surface area contributed by atoms with Crippen molar-refractivity contribution < 1.29 is 19.3 Å². The van der Waals surface area contributed by atoms with Crippen LogP contribution in [0.1, 0.15) is 51.9 Å². The van der Waals surface area contributed by atoms with Gasteiger partial charge in [0.25, 0.3) is 11.8 Å². The topological polar surface area (TPSA) is 82.9 Å². The number of nitrogens with one attached hydrogen (secondary N) is 3. The van der Waals surface area contributed by atoms with E-state index in [0.29, 0.717) is 25.3 Å². The molecule has 3 N–H and O–H groups in total. The Labute approximate surface area is 136 Å². The molecule has 2 aliphatic heterocycles. The fourth-order valence-electron chi connectivity index (χ4n) is 4.17. The fourth-order valence-corrected chi connectivity index (χ4v) is 4.17. The third kappa shape index (κ3) is 3.34. The van der Waals surface area contributed by atoms with Crippen LogP contribution < -0.4 is 15.6 Å². The van der Waals surface area contributed by atoms with Crippen molar-refractivity contribution in [2.75, 3.05) is 19.6 Å². The lowest BCUT2D eigenvalue weighted by Gasteiger charge is -2.30. The lowest BCUT2D eigenvalue weighted by Crippen LogP contribution is -3.14. The minimum Gasteiger partial charge on any atom is -0.327 e. The molecule has 3 rings (SSSR count). The van der Waals surface area contributed by atoms with Gasteiger partial charge in [-0.05, 0) is 25.7 Å². The van der Waals surface area contributed by atoms with E-state index in [0.717, 1.165) is 43.8 Å². The molecule has 2 heterocycles. The Balaban J connectivity index is 1.57. The van der Waals surface area contributed by atoms with Crippen molar-refractivity contribution >= 4 is 17.8 Å². The van der Waals surface area contributed by atoms with E-state index in [2.05, 4.69) is 17.7 Å². The molecule has 7 heteroatoms. The minimum absolute atomic E-state index is 0.259. The Morgan fingerprint density at radius 1 is 1.30 bits per heavy atom. The SMILES string of the molecule is C[C@H]1CCC[NH+](CC(=O)NN2C(=O)NC3(CCCCC3)C2=O)C1. The number of amides is 4. The van der Waals surface area contributed by atoms with Crippen LogP contribution in [0.2, 0.25) is 0 Å². The first-order valence-corrected chi connectivity index (χ1v) is 8.80. The maximum absolute atomic E-state index is 12.6. The normalized spacial score (nSPS) is 30.4. The number of quaternary nitrogens is 1. The summed E-state index contributed by atoms with van der Waals surface area (Å²) in [6.45, 7) is 4.45. The second-order valence-electron chi connectivity index (χ2n) is 7.38. The quantitative estimate of drug-likeness (QED) is 0.617. The van der Waals surface area contributed by atoms with Crippen molar-refractivity contribution in [3.63, 3.8) is 0 Å². The van der Waals surface area contributed by atoms with Crippen molar-refractivity contribution in [1.29, 1.82) is 0 Å². The van der Waals surface area contributed by atoms with Crippen molar-refractivity contribution in [2.24, 2.45) is 5.92 Å². The van der Waals surface area contributed by atoms with E-state index in [-0.39, 0.29) is 11.8 Å². The standard InChI is InChI=1S/C16H26N4O3/c1-12-6-5-9-19(10-12)11-13(21)18-20-14(22)16(17-15(20)23)7-3-2-4-8-16/h12H,2-11H2,1H3,(H,17,23)(H,18,21)/p+1/t12-/m0/s1. The second kappa shape index (κ2) is 6.47. The molecule has 0 aromatic carbocycles. The highest BCUT2D eigenvalue weighted by Gasteiger charge is 2.52. The summed E-state index contributed by atoms with van der Waals surface area (Å²) >= 11 is 0. The van der Waals surface area contributed by atoms with Gasteiger partial charge in [0.2, 0.25) is 0 Å².